The lowest BCUT2D eigenvalue weighted by molar-refractivity contribution is 0.0943. The third-order valence-electron chi connectivity index (χ3n) is 7.32. The van der Waals surface area contributed by atoms with Gasteiger partial charge in [0, 0.05) is 49.6 Å². The first-order chi connectivity index (χ1) is 16.8. The van der Waals surface area contributed by atoms with E-state index in [1.165, 1.54) is 11.6 Å². The molecule has 0 amide bonds. The number of benzene rings is 2. The lowest BCUT2D eigenvalue weighted by Crippen LogP contribution is -2.45. The summed E-state index contributed by atoms with van der Waals surface area (Å²) in [6, 6.07) is 12.4. The molecule has 3 aromatic rings. The Morgan fingerprint density at radius 3 is 2.43 bits per heavy atom. The zero-order valence-corrected chi connectivity index (χ0v) is 21.2. The molecule has 4 rings (SSSR count). The highest BCUT2D eigenvalue weighted by Crippen LogP contribution is 2.29. The number of aryl methyl sites for hydroxylation is 2. The van der Waals surface area contributed by atoms with Crippen LogP contribution in [0.4, 0.5) is 8.78 Å². The van der Waals surface area contributed by atoms with Gasteiger partial charge in [-0.15, -0.1) is 0 Å². The summed E-state index contributed by atoms with van der Waals surface area (Å²) in [5, 5.41) is 4.49. The summed E-state index contributed by atoms with van der Waals surface area (Å²) in [6.45, 7) is 5.18. The molecule has 1 atom stereocenters. The fraction of sp³-hybridized carbons (Fsp3) is 0.464. The molecule has 1 aromatic heterocycles. The molecule has 1 aliphatic rings. The Morgan fingerprint density at radius 2 is 1.80 bits per heavy atom. The third-order valence-corrected chi connectivity index (χ3v) is 7.32. The van der Waals surface area contributed by atoms with Crippen molar-refractivity contribution in [1.29, 1.82) is 0 Å². The van der Waals surface area contributed by atoms with Crippen LogP contribution in [-0.4, -0.2) is 52.9 Å². The Morgan fingerprint density at radius 1 is 1.06 bits per heavy atom. The summed E-state index contributed by atoms with van der Waals surface area (Å²) in [4.78, 5) is 4.67. The number of likely N-dealkylation sites (tertiary alicyclic amines) is 1. The lowest BCUT2D eigenvalue weighted by Gasteiger charge is -2.40. The average Bonchev–Trinajstić information content (AvgIpc) is 3.16. The van der Waals surface area contributed by atoms with Crippen LogP contribution in [0.5, 0.6) is 5.75 Å². The van der Waals surface area contributed by atoms with Crippen LogP contribution in [0.15, 0.2) is 48.7 Å². The minimum Gasteiger partial charge on any atom is -0.497 e. The van der Waals surface area contributed by atoms with Crippen molar-refractivity contribution >= 4 is 0 Å². The van der Waals surface area contributed by atoms with Crippen LogP contribution in [0.1, 0.15) is 35.2 Å². The van der Waals surface area contributed by atoms with Crippen molar-refractivity contribution in [2.45, 2.75) is 45.3 Å². The molecule has 1 aliphatic heterocycles. The molecule has 5 nitrogen and oxygen atoms in total. The highest BCUT2D eigenvalue weighted by molar-refractivity contribution is 5.29. The van der Waals surface area contributed by atoms with Gasteiger partial charge in [0.15, 0.2) is 0 Å². The second-order valence-corrected chi connectivity index (χ2v) is 9.76. The number of likely N-dealkylation sites (N-methyl/N-ethyl adjacent to an activating group) is 1. The summed E-state index contributed by atoms with van der Waals surface area (Å²) < 4.78 is 36.0. The number of hydrogen-bond acceptors (Lipinski definition) is 4. The van der Waals surface area contributed by atoms with Crippen molar-refractivity contribution < 1.29 is 13.5 Å². The summed E-state index contributed by atoms with van der Waals surface area (Å²) in [6.07, 6.45) is 4.72. The fourth-order valence-electron chi connectivity index (χ4n) is 5.28. The standard InChI is InChI=1S/C28H36F2N4O/c1-20-24(18-33(3)31-20)17-32(2)28(15-22-7-5-6-8-26(22)29)21-11-13-34(14-12-21)19-23-9-10-25(35-4)16-27(23)30/h5-10,16,18,21,28H,11-15,17,19H2,1-4H3. The van der Waals surface area contributed by atoms with Crippen LogP contribution in [-0.2, 0) is 26.6 Å². The minimum absolute atomic E-state index is 0.143. The van der Waals surface area contributed by atoms with Gasteiger partial charge in [-0.2, -0.15) is 5.10 Å². The van der Waals surface area contributed by atoms with Gasteiger partial charge in [0.25, 0.3) is 0 Å². The second kappa shape index (κ2) is 11.3. The number of hydrogen-bond donors (Lipinski definition) is 0. The molecule has 0 radical (unpaired) electrons. The van der Waals surface area contributed by atoms with E-state index in [1.807, 2.05) is 42.9 Å². The predicted octanol–water partition coefficient (Wildman–Crippen LogP) is 4.97. The van der Waals surface area contributed by atoms with E-state index in [9.17, 15) is 8.78 Å². The molecule has 2 aromatic carbocycles. The highest BCUT2D eigenvalue weighted by Gasteiger charge is 2.30. The van der Waals surface area contributed by atoms with Gasteiger partial charge >= 0.3 is 0 Å². The Labute approximate surface area is 207 Å². The van der Waals surface area contributed by atoms with Crippen molar-refractivity contribution in [2.75, 3.05) is 27.2 Å². The van der Waals surface area contributed by atoms with Gasteiger partial charge in [0.2, 0.25) is 0 Å². The van der Waals surface area contributed by atoms with Crippen molar-refractivity contribution in [2.24, 2.45) is 13.0 Å². The zero-order chi connectivity index (χ0) is 24.9. The fourth-order valence-corrected chi connectivity index (χ4v) is 5.28. The van der Waals surface area contributed by atoms with E-state index in [-0.39, 0.29) is 17.7 Å². The van der Waals surface area contributed by atoms with Crippen LogP contribution in [0.25, 0.3) is 0 Å². The molecule has 0 N–H and O–H groups in total. The average molecular weight is 483 g/mol. The smallest absolute Gasteiger partial charge is 0.131 e. The molecule has 0 spiro atoms. The number of ether oxygens (including phenoxy) is 1. The molecule has 7 heteroatoms. The first kappa shape index (κ1) is 25.3. The van der Waals surface area contributed by atoms with Gasteiger partial charge in [-0.05, 0) is 69.9 Å². The van der Waals surface area contributed by atoms with Crippen molar-refractivity contribution in [1.82, 2.24) is 19.6 Å². The van der Waals surface area contributed by atoms with Crippen molar-refractivity contribution in [3.63, 3.8) is 0 Å². The van der Waals surface area contributed by atoms with E-state index >= 15 is 0 Å². The number of aromatic nitrogens is 2. The van der Waals surface area contributed by atoms with Crippen molar-refractivity contribution in [3.8, 4) is 5.75 Å². The molecule has 188 valence electrons. The molecule has 2 heterocycles. The molecule has 0 bridgehead atoms. The van der Waals surface area contributed by atoms with E-state index in [4.69, 9.17) is 4.74 Å². The normalized spacial score (nSPS) is 16.1. The van der Waals surface area contributed by atoms with Crippen LogP contribution in [0.2, 0.25) is 0 Å². The lowest BCUT2D eigenvalue weighted by atomic mass is 9.84. The Bertz CT molecular complexity index is 1120. The summed E-state index contributed by atoms with van der Waals surface area (Å²) in [7, 11) is 5.62. The van der Waals surface area contributed by atoms with Gasteiger partial charge in [0.05, 0.1) is 12.8 Å². The monoisotopic (exact) mass is 482 g/mol. The van der Waals surface area contributed by atoms with E-state index in [0.29, 0.717) is 30.2 Å². The third kappa shape index (κ3) is 6.27. The second-order valence-electron chi connectivity index (χ2n) is 9.76. The van der Waals surface area contributed by atoms with E-state index in [2.05, 4.69) is 28.1 Å². The molecule has 35 heavy (non-hydrogen) atoms. The first-order valence-corrected chi connectivity index (χ1v) is 12.3. The Kier molecular flexibility index (Phi) is 8.19. The van der Waals surface area contributed by atoms with Crippen LogP contribution < -0.4 is 4.74 Å². The quantitative estimate of drug-likeness (QED) is 0.431. The van der Waals surface area contributed by atoms with Gasteiger partial charge in [-0.25, -0.2) is 8.78 Å². The molecule has 1 unspecified atom stereocenters. The van der Waals surface area contributed by atoms with Crippen LogP contribution in [0.3, 0.4) is 0 Å². The molecule has 1 fully saturated rings. The molecule has 0 aliphatic carbocycles. The number of rotatable bonds is 9. The summed E-state index contributed by atoms with van der Waals surface area (Å²) >= 11 is 0. The SMILES string of the molecule is COc1ccc(CN2CCC(C(Cc3ccccc3F)N(C)Cc3cn(C)nc3C)CC2)c(F)c1. The van der Waals surface area contributed by atoms with E-state index in [1.54, 1.807) is 19.2 Å². The number of halogens is 2. The predicted molar refractivity (Wildman–Crippen MR) is 134 cm³/mol. The van der Waals surface area contributed by atoms with Gasteiger partial charge in [-0.3, -0.25) is 14.5 Å². The maximum Gasteiger partial charge on any atom is 0.131 e. The number of piperidine rings is 1. The van der Waals surface area contributed by atoms with Crippen LogP contribution >= 0.6 is 0 Å². The number of methoxy groups -OCH3 is 1. The van der Waals surface area contributed by atoms with Crippen molar-refractivity contribution in [3.05, 3.63) is 82.7 Å². The Balaban J connectivity index is 1.45. The molecular weight excluding hydrogens is 446 g/mol. The summed E-state index contributed by atoms with van der Waals surface area (Å²) in [5.41, 5.74) is 3.67. The Hall–Kier alpha value is -2.77. The van der Waals surface area contributed by atoms with E-state index < -0.39 is 0 Å². The zero-order valence-electron chi connectivity index (χ0n) is 21.2. The molecule has 0 saturated carbocycles. The molecule has 1 saturated heterocycles. The topological polar surface area (TPSA) is 33.5 Å². The van der Waals surface area contributed by atoms with Gasteiger partial charge < -0.3 is 4.74 Å². The summed E-state index contributed by atoms with van der Waals surface area (Å²) in [5.74, 6) is 0.590. The van der Waals surface area contributed by atoms with E-state index in [0.717, 1.165) is 43.7 Å². The molecular formula is C28H36F2N4O. The van der Waals surface area contributed by atoms with Gasteiger partial charge in [-0.1, -0.05) is 24.3 Å². The van der Waals surface area contributed by atoms with Gasteiger partial charge in [0.1, 0.15) is 17.4 Å². The highest BCUT2D eigenvalue weighted by atomic mass is 19.1. The largest absolute Gasteiger partial charge is 0.497 e. The maximum absolute atomic E-state index is 14.6. The first-order valence-electron chi connectivity index (χ1n) is 12.3. The van der Waals surface area contributed by atoms with Crippen LogP contribution in [0, 0.1) is 24.5 Å². The number of nitrogens with zero attached hydrogens (tertiary/aromatic N) is 4. The maximum atomic E-state index is 14.6. The minimum atomic E-state index is -0.226.